The van der Waals surface area contributed by atoms with Crippen molar-refractivity contribution in [3.8, 4) is 5.75 Å². The predicted octanol–water partition coefficient (Wildman–Crippen LogP) is 1.11. The molecule has 0 aromatic heterocycles. The molecule has 3 N–H and O–H groups in total. The second-order valence-corrected chi connectivity index (χ2v) is 5.86. The zero-order valence-electron chi connectivity index (χ0n) is 9.51. The van der Waals surface area contributed by atoms with Gasteiger partial charge in [0.2, 0.25) is 10.0 Å². The van der Waals surface area contributed by atoms with Crippen molar-refractivity contribution in [2.24, 2.45) is 5.73 Å². The summed E-state index contributed by atoms with van der Waals surface area (Å²) < 4.78 is 31.2. The highest BCUT2D eigenvalue weighted by Gasteiger charge is 2.24. The maximum absolute atomic E-state index is 11.9. The molecule has 1 atom stereocenters. The lowest BCUT2D eigenvalue weighted by Crippen LogP contribution is -2.35. The molecule has 0 spiro atoms. The molecule has 0 aliphatic carbocycles. The Bertz CT molecular complexity index is 514. The maximum atomic E-state index is 11.9. The summed E-state index contributed by atoms with van der Waals surface area (Å²) in [4.78, 5) is -0.0765. The summed E-state index contributed by atoms with van der Waals surface area (Å²) in [5.74, 6) is 0.436. The van der Waals surface area contributed by atoms with Crippen LogP contribution in [0.2, 0.25) is 0 Å². The highest BCUT2D eigenvalue weighted by Crippen LogP contribution is 2.24. The molecule has 94 valence electrons. The van der Waals surface area contributed by atoms with E-state index >= 15 is 0 Å². The van der Waals surface area contributed by atoms with Gasteiger partial charge in [-0.15, -0.1) is 0 Å². The molecule has 5 nitrogen and oxygen atoms in total. The van der Waals surface area contributed by atoms with Gasteiger partial charge in [0.15, 0.2) is 0 Å². The summed E-state index contributed by atoms with van der Waals surface area (Å²) in [5, 5.41) is -0.942. The molecular weight excluding hydrogens is 260 g/mol. The zero-order valence-corrected chi connectivity index (χ0v) is 11.1. The number of methoxy groups -OCH3 is 1. The quantitative estimate of drug-likeness (QED) is 0.786. The Labute approximate surface area is 106 Å². The van der Waals surface area contributed by atoms with Gasteiger partial charge in [0.25, 0.3) is 0 Å². The molecule has 0 aliphatic heterocycles. The second kappa shape index (κ2) is 5.33. The normalized spacial score (nSPS) is 12.8. The van der Waals surface area contributed by atoms with Crippen LogP contribution in [-0.4, -0.2) is 25.8 Å². The highest BCUT2D eigenvalue weighted by molar-refractivity contribution is 7.95. The smallest absolute Gasteiger partial charge is 0.242 e. The van der Waals surface area contributed by atoms with Crippen LogP contribution in [0.15, 0.2) is 24.3 Å². The monoisotopic (exact) mass is 274 g/mol. The maximum Gasteiger partial charge on any atom is 0.242 e. The van der Waals surface area contributed by atoms with Crippen LogP contribution in [0.25, 0.3) is 0 Å². The summed E-state index contributed by atoms with van der Waals surface area (Å²) >= 11 is 4.67. The van der Waals surface area contributed by atoms with Crippen molar-refractivity contribution in [3.63, 3.8) is 0 Å². The number of thiocarbonyl (C=S) groups is 1. The second-order valence-electron chi connectivity index (χ2n) is 3.39. The van der Waals surface area contributed by atoms with E-state index in [0.717, 1.165) is 0 Å². The molecule has 0 saturated carbocycles. The largest absolute Gasteiger partial charge is 0.495 e. The third-order valence-corrected chi connectivity index (χ3v) is 4.42. The van der Waals surface area contributed by atoms with Gasteiger partial charge in [0.1, 0.15) is 11.0 Å². The third-order valence-electron chi connectivity index (χ3n) is 2.23. The number of anilines is 1. The van der Waals surface area contributed by atoms with Gasteiger partial charge in [-0.1, -0.05) is 24.4 Å². The van der Waals surface area contributed by atoms with Crippen LogP contribution in [0, 0.1) is 0 Å². The summed E-state index contributed by atoms with van der Waals surface area (Å²) in [7, 11) is -2.18. The Balaban J connectivity index is 3.02. The molecule has 0 aliphatic rings. The van der Waals surface area contributed by atoms with Gasteiger partial charge in [0.05, 0.1) is 17.8 Å². The molecule has 0 bridgehead atoms. The minimum atomic E-state index is -3.64. The number of hydrogen-bond donors (Lipinski definition) is 2. The summed E-state index contributed by atoms with van der Waals surface area (Å²) in [5.41, 5.74) is 5.69. The van der Waals surface area contributed by atoms with E-state index in [2.05, 4.69) is 16.9 Å². The van der Waals surface area contributed by atoms with Crippen LogP contribution in [-0.2, 0) is 10.0 Å². The van der Waals surface area contributed by atoms with E-state index in [0.29, 0.717) is 11.4 Å². The molecule has 1 aromatic carbocycles. The third kappa shape index (κ3) is 3.31. The average Bonchev–Trinajstić information content (AvgIpc) is 2.28. The van der Waals surface area contributed by atoms with Gasteiger partial charge in [-0.05, 0) is 19.1 Å². The van der Waals surface area contributed by atoms with Gasteiger partial charge in [-0.3, -0.25) is 4.72 Å². The summed E-state index contributed by atoms with van der Waals surface area (Å²) in [6.45, 7) is 1.43. The number of hydrogen-bond acceptors (Lipinski definition) is 4. The molecule has 17 heavy (non-hydrogen) atoms. The molecule has 1 unspecified atom stereocenters. The predicted molar refractivity (Wildman–Crippen MR) is 71.8 cm³/mol. The zero-order chi connectivity index (χ0) is 13.1. The first kappa shape index (κ1) is 13.7. The molecular formula is C10H14N2O3S2. The molecule has 7 heteroatoms. The number of benzene rings is 1. The minimum Gasteiger partial charge on any atom is -0.495 e. The van der Waals surface area contributed by atoms with Crippen molar-refractivity contribution in [2.45, 2.75) is 12.2 Å². The van der Waals surface area contributed by atoms with E-state index in [-0.39, 0.29) is 4.99 Å². The Morgan fingerprint density at radius 1 is 1.47 bits per heavy atom. The number of nitrogens with one attached hydrogen (secondary N) is 1. The van der Waals surface area contributed by atoms with E-state index in [1.807, 2.05) is 0 Å². The first-order chi connectivity index (χ1) is 7.88. The first-order valence-electron chi connectivity index (χ1n) is 4.82. The van der Waals surface area contributed by atoms with Crippen LogP contribution >= 0.6 is 12.2 Å². The fraction of sp³-hybridized carbons (Fsp3) is 0.300. The molecule has 0 amide bonds. The van der Waals surface area contributed by atoms with Crippen molar-refractivity contribution in [3.05, 3.63) is 24.3 Å². The van der Waals surface area contributed by atoms with Crippen molar-refractivity contribution in [1.82, 2.24) is 0 Å². The standard InChI is InChI=1S/C10H14N2O3S2/c1-7(10(11)16)17(13,14)12-8-5-3-4-6-9(8)15-2/h3-7,12H,1-2H3,(H2,11,16). The fourth-order valence-corrected chi connectivity index (χ4v) is 2.46. The lowest BCUT2D eigenvalue weighted by atomic mass is 10.3. The number of ether oxygens (including phenoxy) is 1. The lowest BCUT2D eigenvalue weighted by Gasteiger charge is -2.15. The van der Waals surface area contributed by atoms with Crippen LogP contribution in [0.4, 0.5) is 5.69 Å². The summed E-state index contributed by atoms with van der Waals surface area (Å²) in [6, 6.07) is 6.70. The number of nitrogens with two attached hydrogens (primary N) is 1. The molecule has 1 rings (SSSR count). The van der Waals surface area contributed by atoms with Crippen molar-refractivity contribution < 1.29 is 13.2 Å². The van der Waals surface area contributed by atoms with E-state index in [1.54, 1.807) is 24.3 Å². The van der Waals surface area contributed by atoms with Gasteiger partial charge < -0.3 is 10.5 Å². The fourth-order valence-electron chi connectivity index (χ4n) is 1.12. The molecule has 0 radical (unpaired) electrons. The van der Waals surface area contributed by atoms with E-state index in [9.17, 15) is 8.42 Å². The topological polar surface area (TPSA) is 81.4 Å². The SMILES string of the molecule is COc1ccccc1NS(=O)(=O)C(C)C(N)=S. The summed E-state index contributed by atoms with van der Waals surface area (Å²) in [6.07, 6.45) is 0. The van der Waals surface area contributed by atoms with Crippen LogP contribution in [0.1, 0.15) is 6.92 Å². The number of para-hydroxylation sites is 2. The Morgan fingerprint density at radius 3 is 2.59 bits per heavy atom. The molecule has 0 saturated heterocycles. The Morgan fingerprint density at radius 2 is 2.06 bits per heavy atom. The van der Waals surface area contributed by atoms with Crippen molar-refractivity contribution in [1.29, 1.82) is 0 Å². The highest BCUT2D eigenvalue weighted by atomic mass is 32.2. The van der Waals surface area contributed by atoms with Gasteiger partial charge >= 0.3 is 0 Å². The minimum absolute atomic E-state index is 0.0765. The van der Waals surface area contributed by atoms with Gasteiger partial charge in [-0.2, -0.15) is 0 Å². The lowest BCUT2D eigenvalue weighted by molar-refractivity contribution is 0.417. The van der Waals surface area contributed by atoms with E-state index < -0.39 is 15.3 Å². The van der Waals surface area contributed by atoms with Gasteiger partial charge in [-0.25, -0.2) is 8.42 Å². The molecule has 0 heterocycles. The van der Waals surface area contributed by atoms with Crippen molar-refractivity contribution in [2.75, 3.05) is 11.8 Å². The molecule has 0 fully saturated rings. The van der Waals surface area contributed by atoms with E-state index in [1.165, 1.54) is 14.0 Å². The molecule has 1 aromatic rings. The van der Waals surface area contributed by atoms with Crippen molar-refractivity contribution >= 4 is 32.9 Å². The number of rotatable bonds is 5. The van der Waals surface area contributed by atoms with Crippen LogP contribution in [0.5, 0.6) is 5.75 Å². The van der Waals surface area contributed by atoms with E-state index in [4.69, 9.17) is 10.5 Å². The number of sulfonamides is 1. The first-order valence-corrected chi connectivity index (χ1v) is 6.78. The van der Waals surface area contributed by atoms with Crippen LogP contribution in [0.3, 0.4) is 0 Å². The van der Waals surface area contributed by atoms with Gasteiger partial charge in [0, 0.05) is 0 Å². The average molecular weight is 274 g/mol. The van der Waals surface area contributed by atoms with Crippen LogP contribution < -0.4 is 15.2 Å². The Kier molecular flexibility index (Phi) is 4.30. The Hall–Kier alpha value is -1.34.